The number of benzene rings is 2. The first-order chi connectivity index (χ1) is 16.0. The highest BCUT2D eigenvalue weighted by Crippen LogP contribution is 2.39. The molecule has 3 aromatic rings. The molecule has 0 saturated carbocycles. The van der Waals surface area contributed by atoms with Gasteiger partial charge in [0.1, 0.15) is 30.2 Å². The summed E-state index contributed by atoms with van der Waals surface area (Å²) in [4.78, 5) is 4.00. The fourth-order valence-electron chi connectivity index (χ4n) is 3.49. The third-order valence-corrected chi connectivity index (χ3v) is 6.79. The van der Waals surface area contributed by atoms with Crippen molar-refractivity contribution >= 4 is 33.0 Å². The SMILES string of the molecule is CC(Oc1ccc(C(C)(C)c2cc(Cl)c(OCCCl)c(C#N)c2)cc1)c1ncoc1S(C)(=O)=O. The minimum atomic E-state index is -3.56. The van der Waals surface area contributed by atoms with E-state index in [1.54, 1.807) is 31.2 Å². The van der Waals surface area contributed by atoms with E-state index in [-0.39, 0.29) is 23.3 Å². The number of aromatic nitrogens is 1. The summed E-state index contributed by atoms with van der Waals surface area (Å²) in [6.45, 7) is 5.99. The maximum absolute atomic E-state index is 11.9. The third kappa shape index (κ3) is 5.49. The molecule has 1 unspecified atom stereocenters. The highest BCUT2D eigenvalue weighted by molar-refractivity contribution is 7.90. The molecule has 180 valence electrons. The first-order valence-electron chi connectivity index (χ1n) is 10.3. The van der Waals surface area contributed by atoms with Crippen LogP contribution in [-0.2, 0) is 15.3 Å². The molecule has 0 aliphatic carbocycles. The molecule has 0 spiro atoms. The predicted octanol–water partition coefficient (Wildman–Crippen LogP) is 5.69. The summed E-state index contributed by atoms with van der Waals surface area (Å²) < 4.78 is 40.2. The monoisotopic (exact) mass is 522 g/mol. The smallest absolute Gasteiger partial charge is 0.244 e. The molecule has 0 saturated heterocycles. The van der Waals surface area contributed by atoms with Crippen LogP contribution in [0.15, 0.2) is 52.3 Å². The molecule has 7 nitrogen and oxygen atoms in total. The van der Waals surface area contributed by atoms with Gasteiger partial charge in [-0.2, -0.15) is 5.26 Å². The van der Waals surface area contributed by atoms with Crippen molar-refractivity contribution in [2.45, 2.75) is 37.4 Å². The minimum Gasteiger partial charge on any atom is -0.489 e. The van der Waals surface area contributed by atoms with Crippen molar-refractivity contribution in [2.24, 2.45) is 0 Å². The van der Waals surface area contributed by atoms with E-state index in [9.17, 15) is 13.7 Å². The Hall–Kier alpha value is -2.73. The molecular formula is C24H24Cl2N2O5S. The van der Waals surface area contributed by atoms with Gasteiger partial charge in [0.05, 0.1) is 16.5 Å². The third-order valence-electron chi connectivity index (χ3n) is 5.38. The lowest BCUT2D eigenvalue weighted by atomic mass is 9.77. The van der Waals surface area contributed by atoms with Crippen LogP contribution in [0.1, 0.15) is 49.3 Å². The van der Waals surface area contributed by atoms with Crippen LogP contribution in [0.5, 0.6) is 11.5 Å². The summed E-state index contributed by atoms with van der Waals surface area (Å²) in [6, 6.07) is 13.1. The fourth-order valence-corrected chi connectivity index (χ4v) is 4.66. The largest absolute Gasteiger partial charge is 0.489 e. The van der Waals surface area contributed by atoms with E-state index in [0.29, 0.717) is 22.1 Å². The second-order valence-corrected chi connectivity index (χ2v) is 10.9. The standard InChI is InChI=1S/C24H24Cl2N2O5S/c1-15(21-23(32-14-28-21)34(4,29)30)33-19-7-5-17(6-8-19)24(2,3)18-11-16(13-27)22(20(26)12-18)31-10-9-25/h5-8,11-12,14-15H,9-10H2,1-4H3. The van der Waals surface area contributed by atoms with Crippen LogP contribution in [0.2, 0.25) is 5.02 Å². The van der Waals surface area contributed by atoms with Crippen molar-refractivity contribution in [1.29, 1.82) is 5.26 Å². The Bertz CT molecular complexity index is 1310. The van der Waals surface area contributed by atoms with Crippen LogP contribution < -0.4 is 9.47 Å². The van der Waals surface area contributed by atoms with Gasteiger partial charge in [-0.25, -0.2) is 13.4 Å². The highest BCUT2D eigenvalue weighted by atomic mass is 35.5. The molecule has 0 radical (unpaired) electrons. The highest BCUT2D eigenvalue weighted by Gasteiger charge is 2.27. The topological polar surface area (TPSA) is 102 Å². The van der Waals surface area contributed by atoms with E-state index >= 15 is 0 Å². The average molecular weight is 523 g/mol. The molecule has 10 heteroatoms. The Morgan fingerprint density at radius 2 is 1.88 bits per heavy atom. The zero-order chi connectivity index (χ0) is 25.1. The molecule has 1 aromatic heterocycles. The molecule has 34 heavy (non-hydrogen) atoms. The van der Waals surface area contributed by atoms with E-state index in [4.69, 9.17) is 37.1 Å². The molecule has 0 fully saturated rings. The van der Waals surface area contributed by atoms with Gasteiger partial charge in [-0.05, 0) is 42.3 Å². The van der Waals surface area contributed by atoms with E-state index in [2.05, 4.69) is 11.1 Å². The van der Waals surface area contributed by atoms with Crippen LogP contribution in [0.4, 0.5) is 0 Å². The number of sulfone groups is 1. The quantitative estimate of drug-likeness (QED) is 0.332. The van der Waals surface area contributed by atoms with Gasteiger partial charge in [-0.3, -0.25) is 0 Å². The average Bonchev–Trinajstić information content (AvgIpc) is 3.29. The van der Waals surface area contributed by atoms with Gasteiger partial charge in [-0.1, -0.05) is 37.6 Å². The summed E-state index contributed by atoms with van der Waals surface area (Å²) in [5.74, 6) is 1.15. The van der Waals surface area contributed by atoms with E-state index in [0.717, 1.165) is 23.8 Å². The lowest BCUT2D eigenvalue weighted by molar-refractivity contribution is 0.215. The maximum Gasteiger partial charge on any atom is 0.244 e. The fraction of sp³-hybridized carbons (Fsp3) is 0.333. The van der Waals surface area contributed by atoms with Crippen LogP contribution in [0, 0.1) is 11.3 Å². The van der Waals surface area contributed by atoms with Crippen molar-refractivity contribution in [3.63, 3.8) is 0 Å². The first kappa shape index (κ1) is 25.9. The number of nitrogens with zero attached hydrogens (tertiary/aromatic N) is 2. The van der Waals surface area contributed by atoms with Crippen molar-refractivity contribution in [3.8, 4) is 17.6 Å². The van der Waals surface area contributed by atoms with Gasteiger partial charge in [0.15, 0.2) is 12.1 Å². The van der Waals surface area contributed by atoms with Crippen LogP contribution in [0.3, 0.4) is 0 Å². The first-order valence-corrected chi connectivity index (χ1v) is 13.1. The molecule has 0 amide bonds. The van der Waals surface area contributed by atoms with Crippen molar-refractivity contribution in [2.75, 3.05) is 18.7 Å². The molecule has 3 rings (SSSR count). The second-order valence-electron chi connectivity index (χ2n) is 8.19. The summed E-state index contributed by atoms with van der Waals surface area (Å²) >= 11 is 12.1. The number of nitriles is 1. The van der Waals surface area contributed by atoms with Gasteiger partial charge in [-0.15, -0.1) is 11.6 Å². The van der Waals surface area contributed by atoms with Gasteiger partial charge in [0, 0.05) is 11.7 Å². The molecule has 2 aromatic carbocycles. The molecule has 1 atom stereocenters. The lowest BCUT2D eigenvalue weighted by Crippen LogP contribution is -2.19. The minimum absolute atomic E-state index is 0.207. The van der Waals surface area contributed by atoms with Crippen molar-refractivity contribution in [3.05, 3.63) is 70.2 Å². The zero-order valence-corrected chi connectivity index (χ0v) is 21.5. The van der Waals surface area contributed by atoms with Gasteiger partial charge in [0.2, 0.25) is 14.9 Å². The molecule has 0 aliphatic heterocycles. The van der Waals surface area contributed by atoms with Crippen LogP contribution >= 0.6 is 23.2 Å². The summed E-state index contributed by atoms with van der Waals surface area (Å²) in [5.41, 5.74) is 1.86. The second kappa shape index (κ2) is 10.3. The predicted molar refractivity (Wildman–Crippen MR) is 130 cm³/mol. The molecule has 1 heterocycles. The number of hydrogen-bond donors (Lipinski definition) is 0. The number of halogens is 2. The Morgan fingerprint density at radius 3 is 2.47 bits per heavy atom. The van der Waals surface area contributed by atoms with Gasteiger partial charge >= 0.3 is 0 Å². The van der Waals surface area contributed by atoms with Crippen molar-refractivity contribution < 1.29 is 22.3 Å². The van der Waals surface area contributed by atoms with E-state index in [1.165, 1.54) is 0 Å². The summed E-state index contributed by atoms with van der Waals surface area (Å²) in [5, 5.41) is 9.72. The number of hydrogen-bond acceptors (Lipinski definition) is 7. The van der Waals surface area contributed by atoms with Gasteiger partial charge in [0.25, 0.3) is 0 Å². The normalized spacial score (nSPS) is 12.7. The Balaban J connectivity index is 1.85. The van der Waals surface area contributed by atoms with Crippen molar-refractivity contribution in [1.82, 2.24) is 4.98 Å². The summed E-state index contributed by atoms with van der Waals surface area (Å²) in [6.07, 6.45) is 1.50. The lowest BCUT2D eigenvalue weighted by Gasteiger charge is -2.27. The molecule has 0 aliphatic rings. The zero-order valence-electron chi connectivity index (χ0n) is 19.1. The molecule has 0 N–H and O–H groups in total. The van der Waals surface area contributed by atoms with E-state index < -0.39 is 21.4 Å². The van der Waals surface area contributed by atoms with Crippen LogP contribution in [-0.4, -0.2) is 32.1 Å². The summed E-state index contributed by atoms with van der Waals surface area (Å²) in [7, 11) is -3.56. The Kier molecular flexibility index (Phi) is 7.81. The molecular weight excluding hydrogens is 499 g/mol. The Morgan fingerprint density at radius 1 is 1.21 bits per heavy atom. The number of alkyl halides is 1. The number of rotatable bonds is 9. The number of oxazole rings is 1. The Labute approximate surface area is 209 Å². The van der Waals surface area contributed by atoms with Gasteiger partial charge < -0.3 is 13.9 Å². The number of ether oxygens (including phenoxy) is 2. The maximum atomic E-state index is 11.9. The van der Waals surface area contributed by atoms with E-state index in [1.807, 2.05) is 26.0 Å². The molecule has 0 bridgehead atoms. The van der Waals surface area contributed by atoms with Crippen LogP contribution in [0.25, 0.3) is 0 Å².